The van der Waals surface area contributed by atoms with Gasteiger partial charge in [-0.25, -0.2) is 0 Å². The van der Waals surface area contributed by atoms with Crippen LogP contribution in [0.2, 0.25) is 0 Å². The van der Waals surface area contributed by atoms with Crippen LogP contribution in [-0.4, -0.2) is 0 Å². The number of nitrogens with zero attached hydrogens (tertiary/aromatic N) is 1. The summed E-state index contributed by atoms with van der Waals surface area (Å²) < 4.78 is 6.22. The molecule has 2 nitrogen and oxygen atoms in total. The summed E-state index contributed by atoms with van der Waals surface area (Å²) in [5.74, 6) is 0.940. The average Bonchev–Trinajstić information content (AvgIpc) is 2.78. The van der Waals surface area contributed by atoms with Crippen molar-refractivity contribution in [1.82, 2.24) is 0 Å². The zero-order valence-corrected chi connectivity index (χ0v) is 17.8. The molecule has 0 bridgehead atoms. The van der Waals surface area contributed by atoms with Gasteiger partial charge in [0.05, 0.1) is 17.1 Å². The Morgan fingerprint density at radius 3 is 2.18 bits per heavy atom. The second-order valence-corrected chi connectivity index (χ2v) is 8.93. The van der Waals surface area contributed by atoms with Crippen LogP contribution in [0.3, 0.4) is 0 Å². The van der Waals surface area contributed by atoms with Crippen LogP contribution in [0.15, 0.2) is 54.6 Å². The molecule has 28 heavy (non-hydrogen) atoms. The molecule has 4 rings (SSSR count). The molecule has 0 spiro atoms. The molecule has 0 saturated carbocycles. The van der Waals surface area contributed by atoms with Crippen LogP contribution in [-0.2, 0) is 12.0 Å². The van der Waals surface area contributed by atoms with Crippen molar-refractivity contribution in [2.24, 2.45) is 0 Å². The molecule has 2 heteroatoms. The van der Waals surface area contributed by atoms with E-state index >= 15 is 0 Å². The lowest BCUT2D eigenvalue weighted by Gasteiger charge is -2.31. The van der Waals surface area contributed by atoms with Gasteiger partial charge < -0.3 is 9.64 Å². The van der Waals surface area contributed by atoms with Crippen molar-refractivity contribution >= 4 is 17.1 Å². The van der Waals surface area contributed by atoms with Gasteiger partial charge in [-0.15, -0.1) is 0 Å². The summed E-state index contributed by atoms with van der Waals surface area (Å²) >= 11 is 0. The maximum absolute atomic E-state index is 6.22. The van der Waals surface area contributed by atoms with Gasteiger partial charge in [0.2, 0.25) is 0 Å². The molecule has 1 heterocycles. The van der Waals surface area contributed by atoms with Gasteiger partial charge in [0.15, 0.2) is 0 Å². The summed E-state index contributed by atoms with van der Waals surface area (Å²) in [5, 5.41) is 0. The van der Waals surface area contributed by atoms with Crippen LogP contribution in [0.25, 0.3) is 0 Å². The van der Waals surface area contributed by atoms with Crippen molar-refractivity contribution in [2.75, 3.05) is 4.90 Å². The Labute approximate surface area is 168 Å². The highest BCUT2D eigenvalue weighted by atomic mass is 16.5. The van der Waals surface area contributed by atoms with Gasteiger partial charge in [-0.1, -0.05) is 57.2 Å². The lowest BCUT2D eigenvalue weighted by Crippen LogP contribution is -2.16. The van der Waals surface area contributed by atoms with Crippen molar-refractivity contribution in [3.63, 3.8) is 0 Å². The Morgan fingerprint density at radius 2 is 1.50 bits per heavy atom. The molecule has 0 aromatic heterocycles. The van der Waals surface area contributed by atoms with Crippen LogP contribution in [0.4, 0.5) is 17.1 Å². The first-order chi connectivity index (χ1) is 13.3. The van der Waals surface area contributed by atoms with Crippen LogP contribution in [0, 0.1) is 20.8 Å². The molecule has 3 aromatic carbocycles. The van der Waals surface area contributed by atoms with Crippen LogP contribution in [0.1, 0.15) is 48.6 Å². The van der Waals surface area contributed by atoms with Crippen LogP contribution < -0.4 is 9.64 Å². The third-order valence-electron chi connectivity index (χ3n) is 5.55. The first-order valence-corrected chi connectivity index (χ1v) is 9.99. The van der Waals surface area contributed by atoms with Crippen LogP contribution in [0.5, 0.6) is 5.75 Å². The number of hydrogen-bond donors (Lipinski definition) is 0. The number of anilines is 3. The molecule has 1 aliphatic rings. The van der Waals surface area contributed by atoms with Gasteiger partial charge in [-0.3, -0.25) is 0 Å². The first-order valence-electron chi connectivity index (χ1n) is 9.99. The summed E-state index contributed by atoms with van der Waals surface area (Å²) in [4.78, 5) is 2.38. The molecule has 0 unspecified atom stereocenters. The minimum atomic E-state index is 0.128. The van der Waals surface area contributed by atoms with E-state index in [1.165, 1.54) is 39.2 Å². The van der Waals surface area contributed by atoms with E-state index in [1.807, 2.05) is 0 Å². The molecular formula is C26H29NO. The molecule has 0 aliphatic carbocycles. The average molecular weight is 372 g/mol. The summed E-state index contributed by atoms with van der Waals surface area (Å²) in [6.07, 6.45) is 0. The summed E-state index contributed by atoms with van der Waals surface area (Å²) in [6.45, 7) is 14.0. The molecule has 0 saturated heterocycles. The molecular weight excluding hydrogens is 342 g/mol. The van der Waals surface area contributed by atoms with E-state index in [0.717, 1.165) is 11.4 Å². The fourth-order valence-corrected chi connectivity index (χ4v) is 4.04. The Balaban J connectivity index is 2.00. The second kappa shape index (κ2) is 6.70. The zero-order valence-electron chi connectivity index (χ0n) is 17.8. The predicted molar refractivity (Wildman–Crippen MR) is 118 cm³/mol. The van der Waals surface area contributed by atoms with Crippen molar-refractivity contribution in [1.29, 1.82) is 0 Å². The number of rotatable bonds is 1. The second-order valence-electron chi connectivity index (χ2n) is 8.93. The van der Waals surface area contributed by atoms with E-state index in [-0.39, 0.29) is 5.41 Å². The van der Waals surface area contributed by atoms with Crippen LogP contribution >= 0.6 is 0 Å². The molecule has 0 radical (unpaired) electrons. The Bertz CT molecular complexity index is 1020. The number of hydrogen-bond acceptors (Lipinski definition) is 2. The third-order valence-corrected chi connectivity index (χ3v) is 5.55. The molecule has 0 N–H and O–H groups in total. The SMILES string of the molecule is Cc1ccc2c(c1)OCc1ccccc1N2c1c(C)cc(C(C)(C)C)cc1C. The van der Waals surface area contributed by atoms with Gasteiger partial charge in [0.1, 0.15) is 12.4 Å². The summed E-state index contributed by atoms with van der Waals surface area (Å²) in [6, 6.07) is 19.7. The van der Waals surface area contributed by atoms with Gasteiger partial charge in [0.25, 0.3) is 0 Å². The zero-order chi connectivity index (χ0) is 20.1. The fraction of sp³-hybridized carbons (Fsp3) is 0.308. The number of benzene rings is 3. The van der Waals surface area contributed by atoms with E-state index in [9.17, 15) is 0 Å². The van der Waals surface area contributed by atoms with Gasteiger partial charge in [0, 0.05) is 5.56 Å². The molecule has 3 aromatic rings. The van der Waals surface area contributed by atoms with E-state index in [1.54, 1.807) is 0 Å². The summed E-state index contributed by atoms with van der Waals surface area (Å²) in [7, 11) is 0. The topological polar surface area (TPSA) is 12.5 Å². The standard InChI is InChI=1S/C26H29NO/c1-17-11-12-23-24(13-17)28-16-20-9-7-8-10-22(20)27(23)25-18(2)14-21(15-19(25)3)26(4,5)6/h7-15H,16H2,1-6H3. The first kappa shape index (κ1) is 18.6. The molecule has 0 fully saturated rings. The quantitative estimate of drug-likeness (QED) is 0.446. The van der Waals surface area contributed by atoms with Crippen molar-refractivity contribution in [3.8, 4) is 5.75 Å². The number of aryl methyl sites for hydroxylation is 3. The predicted octanol–water partition coefficient (Wildman–Crippen LogP) is 7.27. The smallest absolute Gasteiger partial charge is 0.144 e. The molecule has 1 aliphatic heterocycles. The van der Waals surface area contributed by atoms with Gasteiger partial charge >= 0.3 is 0 Å². The lowest BCUT2D eigenvalue weighted by molar-refractivity contribution is 0.310. The number of fused-ring (bicyclic) bond motifs is 2. The molecule has 0 amide bonds. The highest BCUT2D eigenvalue weighted by molar-refractivity contribution is 5.85. The largest absolute Gasteiger partial charge is 0.487 e. The van der Waals surface area contributed by atoms with Crippen molar-refractivity contribution in [3.05, 3.63) is 82.4 Å². The maximum atomic E-state index is 6.22. The summed E-state index contributed by atoms with van der Waals surface area (Å²) in [5.41, 5.74) is 10.0. The molecule has 0 atom stereocenters. The minimum Gasteiger partial charge on any atom is -0.487 e. The number of para-hydroxylation sites is 1. The minimum absolute atomic E-state index is 0.128. The number of ether oxygens (including phenoxy) is 1. The van der Waals surface area contributed by atoms with E-state index in [2.05, 4.69) is 101 Å². The maximum Gasteiger partial charge on any atom is 0.144 e. The van der Waals surface area contributed by atoms with E-state index in [4.69, 9.17) is 4.74 Å². The van der Waals surface area contributed by atoms with E-state index in [0.29, 0.717) is 6.61 Å². The monoisotopic (exact) mass is 371 g/mol. The van der Waals surface area contributed by atoms with Gasteiger partial charge in [-0.05, 0) is 66.6 Å². The Morgan fingerprint density at radius 1 is 0.821 bits per heavy atom. The van der Waals surface area contributed by atoms with Gasteiger partial charge in [-0.2, -0.15) is 0 Å². The Kier molecular flexibility index (Phi) is 4.45. The van der Waals surface area contributed by atoms with Crippen molar-refractivity contribution in [2.45, 2.75) is 53.6 Å². The Hall–Kier alpha value is -2.74. The highest BCUT2D eigenvalue weighted by Gasteiger charge is 2.26. The lowest BCUT2D eigenvalue weighted by atomic mass is 9.84. The third kappa shape index (κ3) is 3.17. The van der Waals surface area contributed by atoms with E-state index < -0.39 is 0 Å². The fourth-order valence-electron chi connectivity index (χ4n) is 4.04. The highest BCUT2D eigenvalue weighted by Crippen LogP contribution is 2.47. The normalized spacial score (nSPS) is 13.4. The van der Waals surface area contributed by atoms with Crippen molar-refractivity contribution < 1.29 is 4.74 Å². The molecule has 144 valence electrons.